The second-order valence-corrected chi connectivity index (χ2v) is 9.36. The monoisotopic (exact) mass is 438 g/mol. The maximum Gasteiger partial charge on any atom is 0.251 e. The zero-order valence-corrected chi connectivity index (χ0v) is 19.0. The number of benzene rings is 1. The highest BCUT2D eigenvalue weighted by atomic mass is 16.6. The molecule has 1 aromatic carbocycles. The molecule has 1 aliphatic carbocycles. The van der Waals surface area contributed by atoms with Crippen LogP contribution in [0.25, 0.3) is 0 Å². The van der Waals surface area contributed by atoms with Crippen LogP contribution in [0, 0.1) is 0 Å². The Hall–Kier alpha value is -2.57. The molecule has 4 rings (SSSR count). The molecule has 0 spiro atoms. The Labute approximate surface area is 190 Å². The summed E-state index contributed by atoms with van der Waals surface area (Å²) in [5.74, 6) is 1.32. The van der Waals surface area contributed by atoms with E-state index in [4.69, 9.17) is 9.47 Å². The maximum atomic E-state index is 12.0. The molecule has 172 valence electrons. The van der Waals surface area contributed by atoms with E-state index in [0.29, 0.717) is 6.61 Å². The predicted molar refractivity (Wildman–Crippen MR) is 125 cm³/mol. The second-order valence-electron chi connectivity index (χ2n) is 9.36. The van der Waals surface area contributed by atoms with Crippen molar-refractivity contribution in [2.75, 3.05) is 26.2 Å². The predicted octanol–water partition coefficient (Wildman–Crippen LogP) is 3.38. The van der Waals surface area contributed by atoms with Crippen molar-refractivity contribution in [3.05, 3.63) is 59.7 Å². The summed E-state index contributed by atoms with van der Waals surface area (Å²) in [4.78, 5) is 14.4. The van der Waals surface area contributed by atoms with E-state index in [1.165, 1.54) is 19.4 Å². The van der Waals surface area contributed by atoms with Gasteiger partial charge < -0.3 is 24.8 Å². The van der Waals surface area contributed by atoms with Gasteiger partial charge in [-0.1, -0.05) is 42.0 Å². The van der Waals surface area contributed by atoms with Crippen molar-refractivity contribution >= 4 is 5.91 Å². The summed E-state index contributed by atoms with van der Waals surface area (Å²) >= 11 is 0. The van der Waals surface area contributed by atoms with Gasteiger partial charge in [-0.3, -0.25) is 4.79 Å². The number of nitrogens with one attached hydrogen (secondary N) is 1. The summed E-state index contributed by atoms with van der Waals surface area (Å²) in [6.07, 6.45) is 12.5. The van der Waals surface area contributed by atoms with Crippen LogP contribution in [-0.4, -0.2) is 59.9 Å². The van der Waals surface area contributed by atoms with Gasteiger partial charge in [-0.05, 0) is 57.2 Å². The van der Waals surface area contributed by atoms with Gasteiger partial charge in [0.15, 0.2) is 17.6 Å². The highest BCUT2D eigenvalue weighted by Gasteiger charge is 2.28. The third-order valence-corrected chi connectivity index (χ3v) is 6.31. The summed E-state index contributed by atoms with van der Waals surface area (Å²) in [5.41, 5.74) is 1.23. The van der Waals surface area contributed by atoms with E-state index in [2.05, 4.69) is 34.5 Å². The third kappa shape index (κ3) is 5.81. The molecule has 0 aromatic heterocycles. The Morgan fingerprint density at radius 3 is 2.69 bits per heavy atom. The second kappa shape index (κ2) is 9.92. The lowest BCUT2D eigenvalue weighted by Gasteiger charge is -2.33. The quantitative estimate of drug-likeness (QED) is 0.713. The van der Waals surface area contributed by atoms with Crippen LogP contribution in [0.5, 0.6) is 11.5 Å². The molecule has 6 heteroatoms. The van der Waals surface area contributed by atoms with Crippen LogP contribution in [0.15, 0.2) is 59.7 Å². The van der Waals surface area contributed by atoms with Crippen LogP contribution in [-0.2, 0) is 4.79 Å². The Morgan fingerprint density at radius 1 is 1.19 bits per heavy atom. The van der Waals surface area contributed by atoms with Gasteiger partial charge in [0.25, 0.3) is 5.91 Å². The van der Waals surface area contributed by atoms with Crippen LogP contribution < -0.4 is 14.8 Å². The number of allylic oxidation sites excluding steroid dienone is 3. The van der Waals surface area contributed by atoms with Crippen molar-refractivity contribution in [3.63, 3.8) is 0 Å². The zero-order chi connectivity index (χ0) is 22.6. The summed E-state index contributed by atoms with van der Waals surface area (Å²) in [7, 11) is 0. The lowest BCUT2D eigenvalue weighted by molar-refractivity contribution is -0.137. The van der Waals surface area contributed by atoms with Gasteiger partial charge in [0.05, 0.1) is 0 Å². The number of nitrogens with zero attached hydrogens (tertiary/aromatic N) is 1. The number of hydrogen-bond acceptors (Lipinski definition) is 5. The molecule has 32 heavy (non-hydrogen) atoms. The molecule has 0 radical (unpaired) electrons. The van der Waals surface area contributed by atoms with Crippen molar-refractivity contribution in [2.45, 2.75) is 57.3 Å². The average Bonchev–Trinajstić information content (AvgIpc) is 3.03. The fourth-order valence-corrected chi connectivity index (χ4v) is 4.23. The number of carbonyl (C=O) groups excluding carboxylic acids is 1. The molecular weight excluding hydrogens is 404 g/mol. The Kier molecular flexibility index (Phi) is 7.01. The normalized spacial score (nSPS) is 22.0. The smallest absolute Gasteiger partial charge is 0.251 e. The number of ether oxygens (including phenoxy) is 2. The third-order valence-electron chi connectivity index (χ3n) is 6.31. The van der Waals surface area contributed by atoms with Gasteiger partial charge in [-0.2, -0.15) is 0 Å². The number of likely N-dealkylation sites (tertiary alicyclic amines) is 1. The minimum Gasteiger partial charge on any atom is -0.485 e. The van der Waals surface area contributed by atoms with Gasteiger partial charge in [0, 0.05) is 25.7 Å². The fourth-order valence-electron chi connectivity index (χ4n) is 4.23. The molecule has 2 N–H and O–H groups in total. The molecule has 3 aliphatic rings. The van der Waals surface area contributed by atoms with Crippen molar-refractivity contribution in [1.29, 1.82) is 0 Å². The molecule has 1 atom stereocenters. The minimum absolute atomic E-state index is 0.0881. The van der Waals surface area contributed by atoms with Gasteiger partial charge in [-0.25, -0.2) is 0 Å². The van der Waals surface area contributed by atoms with Gasteiger partial charge in [0.1, 0.15) is 12.2 Å². The van der Waals surface area contributed by atoms with Crippen LogP contribution in [0.3, 0.4) is 0 Å². The first-order valence-corrected chi connectivity index (χ1v) is 11.6. The molecule has 1 aromatic rings. The van der Waals surface area contributed by atoms with Crippen LogP contribution in [0.2, 0.25) is 0 Å². The van der Waals surface area contributed by atoms with E-state index in [1.807, 2.05) is 24.3 Å². The van der Waals surface area contributed by atoms with E-state index in [1.54, 1.807) is 0 Å². The number of hydrogen-bond donors (Lipinski definition) is 2. The lowest BCUT2D eigenvalue weighted by atomic mass is 10.0. The summed E-state index contributed by atoms with van der Waals surface area (Å²) in [6.45, 7) is 6.53. The number of aliphatic hydroxyl groups is 1. The maximum absolute atomic E-state index is 12.0. The Morgan fingerprint density at radius 2 is 1.94 bits per heavy atom. The number of amides is 1. The molecule has 1 fully saturated rings. The van der Waals surface area contributed by atoms with E-state index in [9.17, 15) is 9.90 Å². The highest BCUT2D eigenvalue weighted by Crippen LogP contribution is 2.33. The Balaban J connectivity index is 1.25. The molecule has 0 bridgehead atoms. The zero-order valence-electron chi connectivity index (χ0n) is 19.0. The first kappa shape index (κ1) is 22.6. The molecular formula is C26H34N2O4. The molecule has 2 aliphatic heterocycles. The molecule has 6 nitrogen and oxygen atoms in total. The summed E-state index contributed by atoms with van der Waals surface area (Å²) < 4.78 is 12.0. The van der Waals surface area contributed by atoms with Crippen molar-refractivity contribution < 1.29 is 19.4 Å². The first-order valence-electron chi connectivity index (χ1n) is 11.6. The molecule has 1 amide bonds. The summed E-state index contributed by atoms with van der Waals surface area (Å²) in [5, 5.41) is 12.8. The number of para-hydroxylation sites is 2. The lowest BCUT2D eigenvalue weighted by Crippen LogP contribution is -2.50. The van der Waals surface area contributed by atoms with Crippen LogP contribution in [0.1, 0.15) is 39.5 Å². The topological polar surface area (TPSA) is 71.0 Å². The number of fused-ring (bicyclic) bond motifs is 1. The SMILES string of the molecule is CC(C)(O)C(=O)NC1CCN(CCC2=CC=C([C@H]3COc4ccccc4O3)C=CC2)CC1. The Bertz CT molecular complexity index is 905. The first-order chi connectivity index (χ1) is 15.4. The van der Waals surface area contributed by atoms with Gasteiger partial charge >= 0.3 is 0 Å². The highest BCUT2D eigenvalue weighted by molar-refractivity contribution is 5.84. The van der Waals surface area contributed by atoms with Gasteiger partial charge in [-0.15, -0.1) is 0 Å². The van der Waals surface area contributed by atoms with E-state index in [0.717, 1.165) is 62.4 Å². The van der Waals surface area contributed by atoms with Gasteiger partial charge in [0.2, 0.25) is 0 Å². The standard InChI is InChI=1S/C26H34N2O4/c1-26(2,30)25(29)27-21-13-16-28(17-14-21)15-12-19-6-5-7-20(11-10-19)24-18-31-22-8-3-4-9-23(22)32-24/h3-5,7-11,21,24,30H,6,12-18H2,1-2H3,(H,27,29)/t24-/m1/s1. The van der Waals surface area contributed by atoms with Crippen molar-refractivity contribution in [3.8, 4) is 11.5 Å². The molecule has 2 heterocycles. The van der Waals surface area contributed by atoms with Crippen molar-refractivity contribution in [1.82, 2.24) is 10.2 Å². The largest absolute Gasteiger partial charge is 0.485 e. The summed E-state index contributed by atoms with van der Waals surface area (Å²) in [6, 6.07) is 7.95. The number of rotatable bonds is 6. The molecule has 1 saturated heterocycles. The van der Waals surface area contributed by atoms with Crippen LogP contribution >= 0.6 is 0 Å². The van der Waals surface area contributed by atoms with E-state index < -0.39 is 5.60 Å². The van der Waals surface area contributed by atoms with Crippen molar-refractivity contribution in [2.24, 2.45) is 0 Å². The molecule has 0 unspecified atom stereocenters. The van der Waals surface area contributed by atoms with E-state index in [-0.39, 0.29) is 18.1 Å². The van der Waals surface area contributed by atoms with E-state index >= 15 is 0 Å². The average molecular weight is 439 g/mol. The minimum atomic E-state index is -1.32. The fraction of sp³-hybridized carbons (Fsp3) is 0.500. The van der Waals surface area contributed by atoms with Crippen LogP contribution in [0.4, 0.5) is 0 Å². The number of carbonyl (C=O) groups is 1. The number of piperidine rings is 1. The molecule has 0 saturated carbocycles.